The molecule has 0 atom stereocenters. The first-order chi connectivity index (χ1) is 5.62. The number of nitrogens with one attached hydrogen (secondary N) is 1. The van der Waals surface area contributed by atoms with Gasteiger partial charge < -0.3 is 10.4 Å². The average Bonchev–Trinajstić information content (AvgIpc) is 2.03. The first-order valence-corrected chi connectivity index (χ1v) is 4.58. The Balaban J connectivity index is 2.53. The molecule has 0 saturated carbocycles. The van der Waals surface area contributed by atoms with E-state index in [1.807, 2.05) is 13.8 Å². The van der Waals surface area contributed by atoms with Crippen LogP contribution in [0.2, 0.25) is 0 Å². The molecule has 2 nitrogen and oxygen atoms in total. The zero-order valence-corrected chi connectivity index (χ0v) is 7.85. The number of rotatable bonds is 0. The number of hydrogen-bond acceptors (Lipinski definition) is 2. The van der Waals surface area contributed by atoms with Gasteiger partial charge in [0.05, 0.1) is 0 Å². The summed E-state index contributed by atoms with van der Waals surface area (Å²) in [6.45, 7) is 5.83. The SMILES string of the molecule is CC(C)C#CC1(O)CCNCC1. The molecule has 0 aromatic carbocycles. The van der Waals surface area contributed by atoms with Gasteiger partial charge in [0, 0.05) is 5.92 Å². The van der Waals surface area contributed by atoms with E-state index in [-0.39, 0.29) is 0 Å². The summed E-state index contributed by atoms with van der Waals surface area (Å²) in [6.07, 6.45) is 1.51. The third kappa shape index (κ3) is 2.84. The van der Waals surface area contributed by atoms with Crippen molar-refractivity contribution in [3.63, 3.8) is 0 Å². The summed E-state index contributed by atoms with van der Waals surface area (Å²) in [5.41, 5.74) is -0.713. The van der Waals surface area contributed by atoms with E-state index in [0.717, 1.165) is 25.9 Å². The van der Waals surface area contributed by atoms with Gasteiger partial charge in [-0.15, -0.1) is 0 Å². The quantitative estimate of drug-likeness (QED) is 0.522. The van der Waals surface area contributed by atoms with Crippen LogP contribution in [0.5, 0.6) is 0 Å². The van der Waals surface area contributed by atoms with E-state index in [9.17, 15) is 5.11 Å². The molecule has 0 spiro atoms. The minimum absolute atomic E-state index is 0.351. The number of aliphatic hydroxyl groups is 1. The van der Waals surface area contributed by atoms with Crippen LogP contribution in [0.4, 0.5) is 0 Å². The topological polar surface area (TPSA) is 32.3 Å². The first kappa shape index (κ1) is 9.57. The highest BCUT2D eigenvalue weighted by molar-refractivity contribution is 5.16. The molecule has 0 aromatic rings. The molecule has 1 aliphatic rings. The summed E-state index contributed by atoms with van der Waals surface area (Å²) in [4.78, 5) is 0. The average molecular weight is 167 g/mol. The lowest BCUT2D eigenvalue weighted by molar-refractivity contribution is 0.0677. The van der Waals surface area contributed by atoms with Crippen LogP contribution in [-0.2, 0) is 0 Å². The summed E-state index contributed by atoms with van der Waals surface area (Å²) < 4.78 is 0. The Bertz CT molecular complexity index is 194. The lowest BCUT2D eigenvalue weighted by Crippen LogP contribution is -2.40. The van der Waals surface area contributed by atoms with Crippen molar-refractivity contribution in [3.05, 3.63) is 0 Å². The van der Waals surface area contributed by atoms with Crippen LogP contribution < -0.4 is 5.32 Å². The van der Waals surface area contributed by atoms with Crippen molar-refractivity contribution in [2.24, 2.45) is 5.92 Å². The van der Waals surface area contributed by atoms with Gasteiger partial charge in [-0.2, -0.15) is 0 Å². The maximum absolute atomic E-state index is 9.91. The number of hydrogen-bond donors (Lipinski definition) is 2. The molecule has 0 aromatic heterocycles. The molecule has 0 amide bonds. The molecular formula is C10H17NO. The number of piperidine rings is 1. The minimum Gasteiger partial charge on any atom is -0.378 e. The standard InChI is InChI=1S/C10H17NO/c1-9(2)3-4-10(12)5-7-11-8-6-10/h9,11-12H,5-8H2,1-2H3. The van der Waals surface area contributed by atoms with Crippen LogP contribution in [0.1, 0.15) is 26.7 Å². The summed E-state index contributed by atoms with van der Waals surface area (Å²) in [7, 11) is 0. The zero-order chi connectivity index (χ0) is 9.03. The highest BCUT2D eigenvalue weighted by Crippen LogP contribution is 2.16. The molecule has 0 unspecified atom stereocenters. The van der Waals surface area contributed by atoms with E-state index in [4.69, 9.17) is 0 Å². The van der Waals surface area contributed by atoms with Crippen molar-refractivity contribution >= 4 is 0 Å². The van der Waals surface area contributed by atoms with E-state index in [0.29, 0.717) is 5.92 Å². The van der Waals surface area contributed by atoms with Crippen molar-refractivity contribution in [3.8, 4) is 11.8 Å². The summed E-state index contributed by atoms with van der Waals surface area (Å²) in [5, 5.41) is 13.1. The maximum Gasteiger partial charge on any atom is 0.127 e. The highest BCUT2D eigenvalue weighted by atomic mass is 16.3. The van der Waals surface area contributed by atoms with Crippen LogP contribution in [0.3, 0.4) is 0 Å². The Morgan fingerprint density at radius 1 is 1.33 bits per heavy atom. The third-order valence-electron chi connectivity index (χ3n) is 2.02. The maximum atomic E-state index is 9.91. The largest absolute Gasteiger partial charge is 0.378 e. The molecule has 0 bridgehead atoms. The second-order valence-electron chi connectivity index (χ2n) is 3.71. The molecule has 68 valence electrons. The molecule has 2 heteroatoms. The Morgan fingerprint density at radius 2 is 1.92 bits per heavy atom. The molecule has 0 aliphatic carbocycles. The normalized spacial score (nSPS) is 21.7. The molecule has 1 heterocycles. The first-order valence-electron chi connectivity index (χ1n) is 4.58. The van der Waals surface area contributed by atoms with Crippen LogP contribution in [0.25, 0.3) is 0 Å². The van der Waals surface area contributed by atoms with Crippen molar-refractivity contribution in [1.29, 1.82) is 0 Å². The molecule has 1 fully saturated rings. The van der Waals surface area contributed by atoms with Crippen LogP contribution in [0, 0.1) is 17.8 Å². The Hall–Kier alpha value is -0.520. The van der Waals surface area contributed by atoms with Gasteiger partial charge in [-0.3, -0.25) is 0 Å². The summed E-state index contributed by atoms with van der Waals surface area (Å²) in [6, 6.07) is 0. The second kappa shape index (κ2) is 3.93. The smallest absolute Gasteiger partial charge is 0.127 e. The van der Waals surface area contributed by atoms with E-state index in [1.54, 1.807) is 0 Å². The van der Waals surface area contributed by atoms with Crippen molar-refractivity contribution in [1.82, 2.24) is 5.32 Å². The van der Waals surface area contributed by atoms with Crippen molar-refractivity contribution in [2.75, 3.05) is 13.1 Å². The molecule has 2 N–H and O–H groups in total. The van der Waals surface area contributed by atoms with Crippen molar-refractivity contribution < 1.29 is 5.11 Å². The fourth-order valence-electron chi connectivity index (χ4n) is 1.24. The van der Waals surface area contributed by atoms with Gasteiger partial charge in [0.15, 0.2) is 0 Å². The van der Waals surface area contributed by atoms with E-state index in [1.165, 1.54) is 0 Å². The monoisotopic (exact) mass is 167 g/mol. The lowest BCUT2D eigenvalue weighted by atomic mass is 9.93. The highest BCUT2D eigenvalue weighted by Gasteiger charge is 2.26. The van der Waals surface area contributed by atoms with E-state index < -0.39 is 5.60 Å². The molecule has 0 radical (unpaired) electrons. The van der Waals surface area contributed by atoms with E-state index >= 15 is 0 Å². The van der Waals surface area contributed by atoms with E-state index in [2.05, 4.69) is 17.2 Å². The van der Waals surface area contributed by atoms with Crippen LogP contribution in [-0.4, -0.2) is 23.8 Å². The van der Waals surface area contributed by atoms with Gasteiger partial charge in [-0.05, 0) is 25.9 Å². The molecule has 12 heavy (non-hydrogen) atoms. The predicted octanol–water partition coefficient (Wildman–Crippen LogP) is 0.760. The zero-order valence-electron chi connectivity index (χ0n) is 7.85. The summed E-state index contributed by atoms with van der Waals surface area (Å²) >= 11 is 0. The minimum atomic E-state index is -0.713. The van der Waals surface area contributed by atoms with Gasteiger partial charge in [0.2, 0.25) is 0 Å². The van der Waals surface area contributed by atoms with Gasteiger partial charge in [-0.1, -0.05) is 25.7 Å². The lowest BCUT2D eigenvalue weighted by Gasteiger charge is -2.27. The third-order valence-corrected chi connectivity index (χ3v) is 2.02. The van der Waals surface area contributed by atoms with Crippen molar-refractivity contribution in [2.45, 2.75) is 32.3 Å². The predicted molar refractivity (Wildman–Crippen MR) is 49.7 cm³/mol. The fourth-order valence-corrected chi connectivity index (χ4v) is 1.24. The van der Waals surface area contributed by atoms with Crippen LogP contribution >= 0.6 is 0 Å². The second-order valence-corrected chi connectivity index (χ2v) is 3.71. The molecular weight excluding hydrogens is 150 g/mol. The van der Waals surface area contributed by atoms with Gasteiger partial charge in [-0.25, -0.2) is 0 Å². The van der Waals surface area contributed by atoms with Gasteiger partial charge >= 0.3 is 0 Å². The molecule has 1 rings (SSSR count). The molecule has 1 saturated heterocycles. The Kier molecular flexibility index (Phi) is 3.13. The van der Waals surface area contributed by atoms with Gasteiger partial charge in [0.1, 0.15) is 5.60 Å². The van der Waals surface area contributed by atoms with Crippen LogP contribution in [0.15, 0.2) is 0 Å². The fraction of sp³-hybridized carbons (Fsp3) is 0.800. The Morgan fingerprint density at radius 3 is 2.42 bits per heavy atom. The summed E-state index contributed by atoms with van der Waals surface area (Å²) in [5.74, 6) is 6.34. The Labute approximate surface area is 74.4 Å². The van der Waals surface area contributed by atoms with Gasteiger partial charge in [0.25, 0.3) is 0 Å². The molecule has 1 aliphatic heterocycles.